The molecule has 0 aliphatic rings. The first-order valence-corrected chi connectivity index (χ1v) is 6.64. The predicted molar refractivity (Wildman–Crippen MR) is 77.6 cm³/mol. The predicted octanol–water partition coefficient (Wildman–Crippen LogP) is 4.73. The summed E-state index contributed by atoms with van der Waals surface area (Å²) in [7, 11) is 0. The Morgan fingerprint density at radius 3 is 2.68 bits per heavy atom. The highest BCUT2D eigenvalue weighted by Gasteiger charge is 2.05. The largest absolute Gasteiger partial charge is 0.380 e. The first-order chi connectivity index (χ1) is 9.10. The summed E-state index contributed by atoms with van der Waals surface area (Å²) >= 11 is 9.22. The molecule has 0 bridgehead atoms. The first-order valence-electron chi connectivity index (χ1n) is 5.47. The highest BCUT2D eigenvalue weighted by Crippen LogP contribution is 2.26. The molecule has 19 heavy (non-hydrogen) atoms. The van der Waals surface area contributed by atoms with E-state index >= 15 is 0 Å². The molecule has 0 heterocycles. The Morgan fingerprint density at radius 2 is 2.05 bits per heavy atom. The number of hydrogen-bond acceptors (Lipinski definition) is 2. The minimum Gasteiger partial charge on any atom is -0.380 e. The molecule has 2 aromatic rings. The van der Waals surface area contributed by atoms with Gasteiger partial charge in [0.1, 0.15) is 5.82 Å². The van der Waals surface area contributed by atoms with Crippen LogP contribution in [-0.4, -0.2) is 0 Å². The van der Waals surface area contributed by atoms with Crippen molar-refractivity contribution in [2.24, 2.45) is 0 Å². The second-order valence-electron chi connectivity index (χ2n) is 3.90. The molecule has 0 atom stereocenters. The lowest BCUT2D eigenvalue weighted by Crippen LogP contribution is -2.02. The number of anilines is 1. The van der Waals surface area contributed by atoms with Crippen molar-refractivity contribution in [2.75, 3.05) is 5.32 Å². The molecule has 0 aliphatic carbocycles. The summed E-state index contributed by atoms with van der Waals surface area (Å²) in [6.07, 6.45) is 0. The second kappa shape index (κ2) is 6.05. The second-order valence-corrected chi connectivity index (χ2v) is 5.19. The number of benzene rings is 2. The van der Waals surface area contributed by atoms with E-state index in [1.165, 1.54) is 6.07 Å². The van der Waals surface area contributed by atoms with Crippen molar-refractivity contribution in [1.82, 2.24) is 0 Å². The third kappa shape index (κ3) is 3.46. The van der Waals surface area contributed by atoms with Crippen LogP contribution in [0.4, 0.5) is 10.1 Å². The van der Waals surface area contributed by atoms with Crippen LogP contribution >= 0.6 is 27.5 Å². The average Bonchev–Trinajstić information content (AvgIpc) is 2.39. The van der Waals surface area contributed by atoms with Crippen LogP contribution in [0.15, 0.2) is 40.9 Å². The van der Waals surface area contributed by atoms with Crippen LogP contribution in [0.5, 0.6) is 0 Å². The third-order valence-corrected chi connectivity index (χ3v) is 3.47. The minimum absolute atomic E-state index is 0.314. The molecule has 5 heteroatoms. The number of nitriles is 1. The van der Waals surface area contributed by atoms with Gasteiger partial charge in [-0.25, -0.2) is 4.39 Å². The van der Waals surface area contributed by atoms with Crippen LogP contribution in [0.1, 0.15) is 11.1 Å². The number of hydrogen-bond donors (Lipinski definition) is 1. The quantitative estimate of drug-likeness (QED) is 0.878. The van der Waals surface area contributed by atoms with Gasteiger partial charge in [0.05, 0.1) is 11.6 Å². The van der Waals surface area contributed by atoms with Crippen LogP contribution in [0.2, 0.25) is 5.02 Å². The van der Waals surface area contributed by atoms with Crippen molar-refractivity contribution in [3.05, 3.63) is 62.8 Å². The number of nitrogens with one attached hydrogen (secondary N) is 1. The van der Waals surface area contributed by atoms with Gasteiger partial charge in [0.15, 0.2) is 0 Å². The van der Waals surface area contributed by atoms with E-state index < -0.39 is 5.82 Å². The summed E-state index contributed by atoms with van der Waals surface area (Å²) in [5, 5.41) is 12.4. The van der Waals surface area contributed by atoms with Crippen LogP contribution in [-0.2, 0) is 6.54 Å². The molecule has 0 unspecified atom stereocenters. The van der Waals surface area contributed by atoms with Gasteiger partial charge in [-0.15, -0.1) is 0 Å². The third-order valence-electron chi connectivity index (χ3n) is 2.58. The minimum atomic E-state index is -0.392. The molecule has 0 aromatic heterocycles. The van der Waals surface area contributed by atoms with Crippen LogP contribution in [0.25, 0.3) is 0 Å². The van der Waals surface area contributed by atoms with E-state index in [0.717, 1.165) is 10.2 Å². The van der Waals surface area contributed by atoms with E-state index in [9.17, 15) is 4.39 Å². The van der Waals surface area contributed by atoms with Crippen LogP contribution < -0.4 is 5.32 Å². The van der Waals surface area contributed by atoms with E-state index in [-0.39, 0.29) is 0 Å². The van der Waals surface area contributed by atoms with E-state index in [2.05, 4.69) is 21.2 Å². The zero-order chi connectivity index (χ0) is 13.8. The highest BCUT2D eigenvalue weighted by molar-refractivity contribution is 9.10. The fourth-order valence-corrected chi connectivity index (χ4v) is 2.41. The average molecular weight is 340 g/mol. The summed E-state index contributed by atoms with van der Waals surface area (Å²) in [5.74, 6) is -0.392. The van der Waals surface area contributed by atoms with Crippen LogP contribution in [0, 0.1) is 17.1 Å². The Kier molecular flexibility index (Phi) is 4.41. The molecule has 0 saturated heterocycles. The lowest BCUT2D eigenvalue weighted by molar-refractivity contribution is 0.612. The molecule has 2 aromatic carbocycles. The van der Waals surface area contributed by atoms with Crippen molar-refractivity contribution in [3.63, 3.8) is 0 Å². The molecular weight excluding hydrogens is 331 g/mol. The Labute approximate surface area is 123 Å². The molecule has 2 rings (SSSR count). The van der Waals surface area contributed by atoms with Crippen molar-refractivity contribution < 1.29 is 4.39 Å². The summed E-state index contributed by atoms with van der Waals surface area (Å²) < 4.78 is 14.5. The van der Waals surface area contributed by atoms with E-state index in [0.29, 0.717) is 22.7 Å². The van der Waals surface area contributed by atoms with Crippen molar-refractivity contribution >= 4 is 33.2 Å². The van der Waals surface area contributed by atoms with E-state index in [1.54, 1.807) is 24.3 Å². The molecule has 0 spiro atoms. The van der Waals surface area contributed by atoms with Crippen molar-refractivity contribution in [3.8, 4) is 6.07 Å². The smallest absolute Gasteiger partial charge is 0.129 e. The molecule has 96 valence electrons. The molecule has 0 aliphatic heterocycles. The summed E-state index contributed by atoms with van der Waals surface area (Å²) in [5.41, 5.74) is 1.64. The van der Waals surface area contributed by atoms with Gasteiger partial charge in [0, 0.05) is 27.3 Å². The fraction of sp³-hybridized carbons (Fsp3) is 0.0714. The Bertz CT molecular complexity index is 652. The zero-order valence-electron chi connectivity index (χ0n) is 9.75. The summed E-state index contributed by atoms with van der Waals surface area (Å²) in [6, 6.07) is 11.7. The Morgan fingerprint density at radius 1 is 1.26 bits per heavy atom. The topological polar surface area (TPSA) is 35.8 Å². The molecule has 0 fully saturated rings. The van der Waals surface area contributed by atoms with Crippen LogP contribution in [0.3, 0.4) is 0 Å². The van der Waals surface area contributed by atoms with E-state index in [1.807, 2.05) is 12.1 Å². The zero-order valence-corrected chi connectivity index (χ0v) is 12.1. The molecule has 2 nitrogen and oxygen atoms in total. The van der Waals surface area contributed by atoms with E-state index in [4.69, 9.17) is 16.9 Å². The number of nitrogens with zero attached hydrogens (tertiary/aromatic N) is 1. The maximum Gasteiger partial charge on any atom is 0.129 e. The maximum absolute atomic E-state index is 13.7. The normalized spacial score (nSPS) is 10.0. The van der Waals surface area contributed by atoms with Gasteiger partial charge >= 0.3 is 0 Å². The fourth-order valence-electron chi connectivity index (χ4n) is 1.58. The van der Waals surface area contributed by atoms with Gasteiger partial charge in [0.2, 0.25) is 0 Å². The number of halogens is 3. The Balaban J connectivity index is 2.13. The maximum atomic E-state index is 13.7. The number of rotatable bonds is 3. The standard InChI is InChI=1S/C14H9BrClFN2/c15-12-6-11(16)3-4-14(12)19-8-10-2-1-9(7-18)5-13(10)17/h1-6,19H,8H2. The highest BCUT2D eigenvalue weighted by atomic mass is 79.9. The van der Waals surface area contributed by atoms with Gasteiger partial charge in [-0.2, -0.15) is 5.26 Å². The van der Waals surface area contributed by atoms with Gasteiger partial charge < -0.3 is 5.32 Å². The summed E-state index contributed by atoms with van der Waals surface area (Å²) in [4.78, 5) is 0. The lowest BCUT2D eigenvalue weighted by atomic mass is 10.1. The van der Waals surface area contributed by atoms with Gasteiger partial charge in [-0.05, 0) is 46.3 Å². The molecular formula is C14H9BrClFN2. The van der Waals surface area contributed by atoms with Gasteiger partial charge in [-0.1, -0.05) is 17.7 Å². The first kappa shape index (κ1) is 13.9. The van der Waals surface area contributed by atoms with Crippen molar-refractivity contribution in [2.45, 2.75) is 6.54 Å². The van der Waals surface area contributed by atoms with Crippen molar-refractivity contribution in [1.29, 1.82) is 5.26 Å². The molecule has 0 saturated carbocycles. The molecule has 1 N–H and O–H groups in total. The van der Waals surface area contributed by atoms with Gasteiger partial charge in [-0.3, -0.25) is 0 Å². The molecule has 0 radical (unpaired) electrons. The Hall–Kier alpha value is -1.57. The lowest BCUT2D eigenvalue weighted by Gasteiger charge is -2.09. The molecule has 0 amide bonds. The SMILES string of the molecule is N#Cc1ccc(CNc2ccc(Cl)cc2Br)c(F)c1. The monoisotopic (exact) mass is 338 g/mol. The summed E-state index contributed by atoms with van der Waals surface area (Å²) in [6.45, 7) is 0.331. The van der Waals surface area contributed by atoms with Gasteiger partial charge in [0.25, 0.3) is 0 Å².